The molecule has 1 aliphatic heterocycles. The van der Waals surface area contributed by atoms with Crippen molar-refractivity contribution in [2.24, 2.45) is 0 Å². The molecule has 0 bridgehead atoms. The van der Waals surface area contributed by atoms with E-state index in [1.165, 1.54) is 7.11 Å². The number of β-lactam (4-membered cyclic amide) rings is 1. The summed E-state index contributed by atoms with van der Waals surface area (Å²) in [6, 6.07) is 16.5. The molecule has 184 valence electrons. The largest absolute Gasteiger partial charge is 0.493 e. The van der Waals surface area contributed by atoms with Crippen LogP contribution in [0.1, 0.15) is 23.1 Å². The van der Waals surface area contributed by atoms with E-state index < -0.39 is 5.92 Å². The molecule has 0 N–H and O–H groups in total. The van der Waals surface area contributed by atoms with Crippen LogP contribution in [-0.4, -0.2) is 48.6 Å². The van der Waals surface area contributed by atoms with Crippen LogP contribution in [0.3, 0.4) is 0 Å². The second-order valence-electron chi connectivity index (χ2n) is 7.85. The second kappa shape index (κ2) is 10.0. The molecule has 0 aliphatic carbocycles. The Morgan fingerprint density at radius 2 is 1.20 bits per heavy atom. The van der Waals surface area contributed by atoms with Gasteiger partial charge in [-0.3, -0.25) is 4.79 Å². The Hall–Kier alpha value is -4.07. The first-order chi connectivity index (χ1) is 17.0. The van der Waals surface area contributed by atoms with Crippen LogP contribution in [0.5, 0.6) is 34.5 Å². The summed E-state index contributed by atoms with van der Waals surface area (Å²) in [4.78, 5) is 15.4. The first kappa shape index (κ1) is 24.1. The first-order valence-corrected chi connectivity index (χ1v) is 11.0. The molecule has 0 radical (unpaired) electrons. The maximum absolute atomic E-state index is 13.7. The Balaban J connectivity index is 1.92. The average Bonchev–Trinajstić information content (AvgIpc) is 2.90. The topological polar surface area (TPSA) is 75.7 Å². The number of benzene rings is 3. The summed E-state index contributed by atoms with van der Waals surface area (Å²) in [6.07, 6.45) is 0. The van der Waals surface area contributed by atoms with E-state index in [9.17, 15) is 4.79 Å². The lowest BCUT2D eigenvalue weighted by Crippen LogP contribution is -2.53. The van der Waals surface area contributed by atoms with Gasteiger partial charge in [-0.05, 0) is 17.7 Å². The van der Waals surface area contributed by atoms with Crippen molar-refractivity contribution in [3.63, 3.8) is 0 Å². The molecular weight excluding hydrogens is 450 g/mol. The van der Waals surface area contributed by atoms with Gasteiger partial charge in [0.25, 0.3) is 0 Å². The average molecular weight is 480 g/mol. The highest BCUT2D eigenvalue weighted by molar-refractivity contribution is 6.07. The van der Waals surface area contributed by atoms with Gasteiger partial charge >= 0.3 is 0 Å². The van der Waals surface area contributed by atoms with E-state index in [0.29, 0.717) is 40.2 Å². The van der Waals surface area contributed by atoms with Gasteiger partial charge in [0.15, 0.2) is 23.0 Å². The lowest BCUT2D eigenvalue weighted by atomic mass is 9.77. The van der Waals surface area contributed by atoms with Gasteiger partial charge in [-0.15, -0.1) is 0 Å². The van der Waals surface area contributed by atoms with E-state index in [4.69, 9.17) is 28.4 Å². The summed E-state index contributed by atoms with van der Waals surface area (Å²) in [5.74, 6) is 2.37. The molecule has 0 spiro atoms. The van der Waals surface area contributed by atoms with Crippen LogP contribution in [0.2, 0.25) is 0 Å². The lowest BCUT2D eigenvalue weighted by Gasteiger charge is -2.48. The maximum Gasteiger partial charge on any atom is 0.237 e. The fourth-order valence-electron chi connectivity index (χ4n) is 4.64. The quantitative estimate of drug-likeness (QED) is 0.415. The smallest absolute Gasteiger partial charge is 0.237 e. The molecule has 1 amide bonds. The maximum atomic E-state index is 13.7. The monoisotopic (exact) mass is 479 g/mol. The predicted molar refractivity (Wildman–Crippen MR) is 132 cm³/mol. The summed E-state index contributed by atoms with van der Waals surface area (Å²) >= 11 is 0. The van der Waals surface area contributed by atoms with E-state index >= 15 is 0 Å². The van der Waals surface area contributed by atoms with E-state index in [2.05, 4.69) is 0 Å². The zero-order chi connectivity index (χ0) is 25.1. The van der Waals surface area contributed by atoms with Crippen molar-refractivity contribution in [2.45, 2.75) is 12.0 Å². The molecule has 35 heavy (non-hydrogen) atoms. The van der Waals surface area contributed by atoms with Gasteiger partial charge in [-0.25, -0.2) is 0 Å². The minimum Gasteiger partial charge on any atom is -0.493 e. The second-order valence-corrected chi connectivity index (χ2v) is 7.85. The van der Waals surface area contributed by atoms with Crippen LogP contribution in [-0.2, 0) is 4.79 Å². The predicted octanol–water partition coefficient (Wildman–Crippen LogP) is 4.61. The number of carbonyl (C=O) groups is 1. The minimum atomic E-state index is -0.428. The highest BCUT2D eigenvalue weighted by atomic mass is 16.5. The molecule has 1 fully saturated rings. The van der Waals surface area contributed by atoms with Crippen molar-refractivity contribution in [2.75, 3.05) is 47.6 Å². The van der Waals surface area contributed by atoms with Gasteiger partial charge in [-0.1, -0.05) is 30.3 Å². The Bertz CT molecular complexity index is 1190. The molecule has 8 nitrogen and oxygen atoms in total. The van der Waals surface area contributed by atoms with Crippen molar-refractivity contribution in [3.8, 4) is 34.5 Å². The number of hydrogen-bond acceptors (Lipinski definition) is 7. The van der Waals surface area contributed by atoms with Crippen LogP contribution in [0, 0.1) is 0 Å². The van der Waals surface area contributed by atoms with Gasteiger partial charge in [0.2, 0.25) is 17.4 Å². The first-order valence-electron chi connectivity index (χ1n) is 11.0. The highest BCUT2D eigenvalue weighted by Crippen LogP contribution is 2.55. The van der Waals surface area contributed by atoms with Crippen molar-refractivity contribution in [3.05, 3.63) is 65.7 Å². The molecule has 3 aromatic rings. The molecule has 1 heterocycles. The number of nitrogens with zero attached hydrogens (tertiary/aromatic N) is 1. The fourth-order valence-corrected chi connectivity index (χ4v) is 4.64. The molecule has 1 aliphatic rings. The summed E-state index contributed by atoms with van der Waals surface area (Å²) in [6.45, 7) is 0. The van der Waals surface area contributed by atoms with Crippen molar-refractivity contribution in [1.29, 1.82) is 0 Å². The van der Waals surface area contributed by atoms with Crippen LogP contribution in [0.25, 0.3) is 0 Å². The number of hydrogen-bond donors (Lipinski definition) is 0. The highest BCUT2D eigenvalue weighted by Gasteiger charge is 2.51. The van der Waals surface area contributed by atoms with Crippen molar-refractivity contribution < 1.29 is 33.2 Å². The molecule has 0 unspecified atom stereocenters. The summed E-state index contributed by atoms with van der Waals surface area (Å²) in [5.41, 5.74) is 2.30. The Morgan fingerprint density at radius 3 is 1.71 bits per heavy atom. The fraction of sp³-hybridized carbons (Fsp3) is 0.296. The van der Waals surface area contributed by atoms with Gasteiger partial charge in [-0.2, -0.15) is 0 Å². The van der Waals surface area contributed by atoms with Crippen LogP contribution in [0.15, 0.2) is 54.6 Å². The molecular formula is C27H29NO7. The van der Waals surface area contributed by atoms with Crippen LogP contribution < -0.4 is 33.3 Å². The Morgan fingerprint density at radius 1 is 0.629 bits per heavy atom. The number of methoxy groups -OCH3 is 6. The minimum absolute atomic E-state index is 0.0627. The molecule has 8 heteroatoms. The summed E-state index contributed by atoms with van der Waals surface area (Å²) in [7, 11) is 9.32. The van der Waals surface area contributed by atoms with Gasteiger partial charge < -0.3 is 33.3 Å². The molecule has 1 saturated heterocycles. The molecule has 3 aromatic carbocycles. The zero-order valence-corrected chi connectivity index (χ0v) is 20.7. The Labute approximate surface area is 204 Å². The summed E-state index contributed by atoms with van der Waals surface area (Å²) < 4.78 is 33.4. The Kier molecular flexibility index (Phi) is 6.91. The normalized spacial score (nSPS) is 16.9. The van der Waals surface area contributed by atoms with Gasteiger partial charge in [0.05, 0.1) is 60.3 Å². The standard InChI is InChI=1S/C27H29NO7/c1-30-19-13-12-18(24(33-4)26(19)35-6)23-22(16-10-8-7-9-11-16)27(29)28(23)17-14-20(31-2)25(34-5)21(15-17)32-3/h7-15,22-23H,1-6H3/t22-,23-/m1/s1. The van der Waals surface area contributed by atoms with Gasteiger partial charge in [0, 0.05) is 17.7 Å². The van der Waals surface area contributed by atoms with Crippen molar-refractivity contribution in [1.82, 2.24) is 0 Å². The van der Waals surface area contributed by atoms with E-state index in [-0.39, 0.29) is 11.9 Å². The van der Waals surface area contributed by atoms with E-state index in [1.807, 2.05) is 42.5 Å². The SMILES string of the molecule is COc1cc(N2C(=O)[C@H](c3ccccc3)[C@H]2c2ccc(OC)c(OC)c2OC)cc(OC)c1OC. The number of anilines is 1. The third kappa shape index (κ3) is 3.95. The van der Waals surface area contributed by atoms with E-state index in [0.717, 1.165) is 11.1 Å². The van der Waals surface area contributed by atoms with Crippen LogP contribution in [0.4, 0.5) is 5.69 Å². The third-order valence-corrected chi connectivity index (χ3v) is 6.24. The number of carbonyl (C=O) groups excluding carboxylic acids is 1. The molecule has 2 atom stereocenters. The number of ether oxygens (including phenoxy) is 6. The third-order valence-electron chi connectivity index (χ3n) is 6.24. The molecule has 4 rings (SSSR count). The van der Waals surface area contributed by atoms with E-state index in [1.54, 1.807) is 52.6 Å². The number of amides is 1. The van der Waals surface area contributed by atoms with Gasteiger partial charge in [0.1, 0.15) is 0 Å². The molecule has 0 saturated carbocycles. The number of rotatable bonds is 9. The van der Waals surface area contributed by atoms with Crippen molar-refractivity contribution >= 4 is 11.6 Å². The molecule has 0 aromatic heterocycles. The summed E-state index contributed by atoms with van der Waals surface area (Å²) in [5, 5.41) is 0. The van der Waals surface area contributed by atoms with Crippen LogP contribution >= 0.6 is 0 Å². The zero-order valence-electron chi connectivity index (χ0n) is 20.7. The lowest BCUT2D eigenvalue weighted by molar-refractivity contribution is -0.126.